The van der Waals surface area contributed by atoms with Crippen molar-refractivity contribution in [1.82, 2.24) is 19.7 Å². The van der Waals surface area contributed by atoms with Gasteiger partial charge in [0.25, 0.3) is 5.89 Å². The highest BCUT2D eigenvalue weighted by Gasteiger charge is 2.26. The van der Waals surface area contributed by atoms with Crippen molar-refractivity contribution in [2.24, 2.45) is 7.05 Å². The predicted molar refractivity (Wildman–Crippen MR) is 77.7 cm³/mol. The minimum atomic E-state index is -3.12. The molecule has 2 aromatic heterocycles. The second-order valence-electron chi connectivity index (χ2n) is 5.18. The van der Waals surface area contributed by atoms with Gasteiger partial charge in [-0.15, -0.1) is 0 Å². The Morgan fingerprint density at radius 2 is 2.18 bits per heavy atom. The van der Waals surface area contributed by atoms with Crippen molar-refractivity contribution in [3.8, 4) is 23.1 Å². The van der Waals surface area contributed by atoms with Crippen molar-refractivity contribution in [3.63, 3.8) is 0 Å². The van der Waals surface area contributed by atoms with Gasteiger partial charge in [-0.25, -0.2) is 13.4 Å². The van der Waals surface area contributed by atoms with Crippen LogP contribution < -0.4 is 0 Å². The molecule has 0 atom stereocenters. The van der Waals surface area contributed by atoms with Crippen LogP contribution in [0, 0.1) is 0 Å². The van der Waals surface area contributed by atoms with E-state index >= 15 is 0 Å². The quantitative estimate of drug-likeness (QED) is 0.711. The fraction of sp³-hybridized carbons (Fsp3) is 0.214. The number of benzene rings is 1. The molecule has 0 saturated carbocycles. The third-order valence-electron chi connectivity index (χ3n) is 3.73. The monoisotopic (exact) mass is 316 g/mol. The fourth-order valence-electron chi connectivity index (χ4n) is 2.58. The molecule has 22 heavy (non-hydrogen) atoms. The van der Waals surface area contributed by atoms with Gasteiger partial charge in [-0.1, -0.05) is 5.16 Å². The number of fused-ring (bicyclic) bond motifs is 1. The number of aryl methyl sites for hydroxylation is 2. The van der Waals surface area contributed by atoms with Crippen LogP contribution in [-0.4, -0.2) is 33.9 Å². The van der Waals surface area contributed by atoms with Crippen LogP contribution in [0.15, 0.2) is 40.0 Å². The van der Waals surface area contributed by atoms with Gasteiger partial charge in [-0.3, -0.25) is 0 Å². The third kappa shape index (κ3) is 1.95. The van der Waals surface area contributed by atoms with Gasteiger partial charge in [0.05, 0.1) is 10.6 Å². The topological polar surface area (TPSA) is 90.9 Å². The second-order valence-corrected chi connectivity index (χ2v) is 7.25. The third-order valence-corrected chi connectivity index (χ3v) is 5.54. The maximum absolute atomic E-state index is 11.8. The smallest absolute Gasteiger partial charge is 0.258 e. The molecule has 0 unspecified atom stereocenters. The van der Waals surface area contributed by atoms with Gasteiger partial charge >= 0.3 is 0 Å². The number of hydrogen-bond donors (Lipinski definition) is 0. The molecule has 0 fully saturated rings. The molecule has 0 spiro atoms. The first-order chi connectivity index (χ1) is 10.5. The molecule has 1 aliphatic heterocycles. The number of sulfone groups is 1. The van der Waals surface area contributed by atoms with Gasteiger partial charge in [0, 0.05) is 25.0 Å². The van der Waals surface area contributed by atoms with E-state index in [-0.39, 0.29) is 5.75 Å². The van der Waals surface area contributed by atoms with E-state index in [1.165, 1.54) is 0 Å². The van der Waals surface area contributed by atoms with E-state index in [9.17, 15) is 8.42 Å². The highest BCUT2D eigenvalue weighted by atomic mass is 32.2. The van der Waals surface area contributed by atoms with Crippen LogP contribution in [0.4, 0.5) is 0 Å². The Balaban J connectivity index is 1.75. The fourth-order valence-corrected chi connectivity index (χ4v) is 4.12. The van der Waals surface area contributed by atoms with Crippen LogP contribution in [0.25, 0.3) is 23.1 Å². The summed E-state index contributed by atoms with van der Waals surface area (Å²) in [6, 6.07) is 5.10. The summed E-state index contributed by atoms with van der Waals surface area (Å²) in [6.45, 7) is 0. The highest BCUT2D eigenvalue weighted by Crippen LogP contribution is 2.30. The van der Waals surface area contributed by atoms with E-state index in [1.807, 2.05) is 7.05 Å². The van der Waals surface area contributed by atoms with Crippen molar-refractivity contribution in [3.05, 3.63) is 36.2 Å². The summed E-state index contributed by atoms with van der Waals surface area (Å²) in [5.74, 6) is 1.52. The molecule has 8 heteroatoms. The molecule has 1 aromatic carbocycles. The number of rotatable bonds is 2. The Bertz CT molecular complexity index is 972. The summed E-state index contributed by atoms with van der Waals surface area (Å²) in [5.41, 5.74) is 1.51. The van der Waals surface area contributed by atoms with Crippen LogP contribution in [-0.2, 0) is 23.3 Å². The maximum Gasteiger partial charge on any atom is 0.258 e. The maximum atomic E-state index is 11.8. The summed E-state index contributed by atoms with van der Waals surface area (Å²) in [7, 11) is -1.27. The molecule has 0 bridgehead atoms. The first-order valence-electron chi connectivity index (χ1n) is 6.72. The highest BCUT2D eigenvalue weighted by molar-refractivity contribution is 7.91. The lowest BCUT2D eigenvalue weighted by Crippen LogP contribution is -1.98. The Labute approximate surface area is 126 Å². The van der Waals surface area contributed by atoms with Crippen molar-refractivity contribution >= 4 is 9.84 Å². The number of hydrogen-bond acceptors (Lipinski definition) is 6. The predicted octanol–water partition coefficient (Wildman–Crippen LogP) is 1.47. The van der Waals surface area contributed by atoms with Crippen LogP contribution in [0.5, 0.6) is 0 Å². The summed E-state index contributed by atoms with van der Waals surface area (Å²) >= 11 is 0. The second kappa shape index (κ2) is 4.51. The minimum Gasteiger partial charge on any atom is -0.334 e. The Morgan fingerprint density at radius 1 is 1.32 bits per heavy atom. The van der Waals surface area contributed by atoms with Gasteiger partial charge in [0.15, 0.2) is 15.7 Å². The SMILES string of the molecule is Cn1ccnc1-c1noc(-c2ccc3c(c2)CCS3(=O)=O)n1. The molecule has 3 heterocycles. The minimum absolute atomic E-state index is 0.161. The van der Waals surface area contributed by atoms with E-state index in [0.717, 1.165) is 5.56 Å². The largest absolute Gasteiger partial charge is 0.334 e. The summed E-state index contributed by atoms with van der Waals surface area (Å²) in [5, 5.41) is 3.93. The molecule has 0 aliphatic carbocycles. The van der Waals surface area contributed by atoms with E-state index in [4.69, 9.17) is 4.52 Å². The molecular formula is C14H12N4O3S. The summed E-state index contributed by atoms with van der Waals surface area (Å²) in [6.07, 6.45) is 3.98. The normalized spacial score (nSPS) is 15.9. The zero-order chi connectivity index (χ0) is 15.3. The van der Waals surface area contributed by atoms with Crippen LogP contribution in [0.3, 0.4) is 0 Å². The average Bonchev–Trinajstić information content (AvgIpc) is 3.18. The molecular weight excluding hydrogens is 304 g/mol. The van der Waals surface area contributed by atoms with E-state index < -0.39 is 9.84 Å². The molecule has 4 rings (SSSR count). The lowest BCUT2D eigenvalue weighted by molar-refractivity contribution is 0.431. The van der Waals surface area contributed by atoms with Gasteiger partial charge in [0.2, 0.25) is 5.82 Å². The zero-order valence-corrected chi connectivity index (χ0v) is 12.5. The molecule has 0 amide bonds. The number of imidazole rings is 1. The van der Waals surface area contributed by atoms with Gasteiger partial charge in [-0.2, -0.15) is 4.98 Å². The molecule has 0 saturated heterocycles. The van der Waals surface area contributed by atoms with Gasteiger partial charge in [0.1, 0.15) is 0 Å². The van der Waals surface area contributed by atoms with Crippen molar-refractivity contribution in [1.29, 1.82) is 0 Å². The Kier molecular flexibility index (Phi) is 2.70. The molecule has 3 aromatic rings. The molecule has 0 radical (unpaired) electrons. The van der Waals surface area contributed by atoms with E-state index in [0.29, 0.717) is 34.4 Å². The molecule has 112 valence electrons. The summed E-state index contributed by atoms with van der Waals surface area (Å²) < 4.78 is 30.7. The average molecular weight is 316 g/mol. The van der Waals surface area contributed by atoms with E-state index in [2.05, 4.69) is 15.1 Å². The first-order valence-corrected chi connectivity index (χ1v) is 8.37. The molecule has 1 aliphatic rings. The first kappa shape index (κ1) is 13.2. The van der Waals surface area contributed by atoms with Crippen LogP contribution >= 0.6 is 0 Å². The van der Waals surface area contributed by atoms with Crippen molar-refractivity contribution in [2.45, 2.75) is 11.3 Å². The number of aromatic nitrogens is 4. The van der Waals surface area contributed by atoms with Gasteiger partial charge < -0.3 is 9.09 Å². The lowest BCUT2D eigenvalue weighted by atomic mass is 10.1. The molecule has 7 nitrogen and oxygen atoms in total. The zero-order valence-electron chi connectivity index (χ0n) is 11.7. The van der Waals surface area contributed by atoms with E-state index in [1.54, 1.807) is 35.2 Å². The van der Waals surface area contributed by atoms with Crippen molar-refractivity contribution in [2.75, 3.05) is 5.75 Å². The standard InChI is InChI=1S/C14H12N4O3S/c1-18-6-5-15-13(18)12-16-14(21-17-12)10-2-3-11-9(8-10)4-7-22(11,19)20/h2-3,5-6,8H,4,7H2,1H3. The lowest BCUT2D eigenvalue weighted by Gasteiger charge is -1.99. The number of nitrogens with zero attached hydrogens (tertiary/aromatic N) is 4. The molecule has 0 N–H and O–H groups in total. The van der Waals surface area contributed by atoms with Crippen molar-refractivity contribution < 1.29 is 12.9 Å². The van der Waals surface area contributed by atoms with Crippen LogP contribution in [0.2, 0.25) is 0 Å². The van der Waals surface area contributed by atoms with Gasteiger partial charge in [-0.05, 0) is 30.2 Å². The van der Waals surface area contributed by atoms with Crippen LogP contribution in [0.1, 0.15) is 5.56 Å². The Morgan fingerprint density at radius 3 is 2.95 bits per heavy atom. The summed E-state index contributed by atoms with van der Waals surface area (Å²) in [4.78, 5) is 8.91. The Hall–Kier alpha value is -2.48.